The molecule has 0 unspecified atom stereocenters. The fraction of sp³-hybridized carbons (Fsp3) is 0.667. The Bertz CT molecular complexity index is 546. The standard InChI is InChI=1S/C18H29NO7S/c1-13(2)17(23)25-11-10-24-15(21)7-6-14(20)19-9-8-16(22)26-18(3,4)12-27-5/h1,6-12H2,2-5H3,(H,19,20). The maximum absolute atomic E-state index is 11.7. The Morgan fingerprint density at radius 1 is 1.00 bits per heavy atom. The van der Waals surface area contributed by atoms with Crippen LogP contribution in [0.25, 0.3) is 0 Å². The Kier molecular flexibility index (Phi) is 12.2. The number of rotatable bonds is 13. The third-order valence-corrected chi connectivity index (χ3v) is 4.00. The second-order valence-corrected chi connectivity index (χ2v) is 7.27. The molecule has 0 aromatic heterocycles. The lowest BCUT2D eigenvalue weighted by molar-refractivity contribution is -0.154. The summed E-state index contributed by atoms with van der Waals surface area (Å²) < 4.78 is 14.9. The van der Waals surface area contributed by atoms with Crippen molar-refractivity contribution in [2.24, 2.45) is 0 Å². The third kappa shape index (κ3) is 13.8. The van der Waals surface area contributed by atoms with E-state index in [1.54, 1.807) is 11.8 Å². The molecule has 0 aromatic carbocycles. The maximum Gasteiger partial charge on any atom is 0.333 e. The molecule has 27 heavy (non-hydrogen) atoms. The summed E-state index contributed by atoms with van der Waals surface area (Å²) in [4.78, 5) is 46.0. The van der Waals surface area contributed by atoms with Crippen LogP contribution >= 0.6 is 11.8 Å². The summed E-state index contributed by atoms with van der Waals surface area (Å²) in [6.45, 7) is 8.56. The summed E-state index contributed by atoms with van der Waals surface area (Å²) in [7, 11) is 0. The van der Waals surface area contributed by atoms with E-state index in [4.69, 9.17) is 14.2 Å². The fourth-order valence-electron chi connectivity index (χ4n) is 1.83. The summed E-state index contributed by atoms with van der Waals surface area (Å²) in [6, 6.07) is 0. The molecule has 0 rings (SSSR count). The Morgan fingerprint density at radius 3 is 2.22 bits per heavy atom. The Hall–Kier alpha value is -2.03. The molecule has 0 atom stereocenters. The quantitative estimate of drug-likeness (QED) is 0.214. The molecule has 0 fully saturated rings. The number of esters is 3. The monoisotopic (exact) mass is 403 g/mol. The maximum atomic E-state index is 11.7. The van der Waals surface area contributed by atoms with Gasteiger partial charge in [-0.1, -0.05) is 6.58 Å². The predicted molar refractivity (Wildman–Crippen MR) is 102 cm³/mol. The highest BCUT2D eigenvalue weighted by atomic mass is 32.2. The number of nitrogens with one attached hydrogen (secondary N) is 1. The van der Waals surface area contributed by atoms with Crippen LogP contribution < -0.4 is 5.32 Å². The number of thioether (sulfide) groups is 1. The van der Waals surface area contributed by atoms with E-state index in [0.717, 1.165) is 0 Å². The zero-order valence-corrected chi connectivity index (χ0v) is 17.2. The van der Waals surface area contributed by atoms with Gasteiger partial charge in [0.1, 0.15) is 18.8 Å². The predicted octanol–water partition coefficient (Wildman–Crippen LogP) is 1.62. The summed E-state index contributed by atoms with van der Waals surface area (Å²) in [5.41, 5.74) is -0.294. The van der Waals surface area contributed by atoms with Crippen LogP contribution in [0.2, 0.25) is 0 Å². The van der Waals surface area contributed by atoms with Gasteiger partial charge in [0.2, 0.25) is 5.91 Å². The zero-order chi connectivity index (χ0) is 20.9. The Morgan fingerprint density at radius 2 is 1.63 bits per heavy atom. The summed E-state index contributed by atoms with van der Waals surface area (Å²) in [5, 5.41) is 2.55. The van der Waals surface area contributed by atoms with E-state index in [1.807, 2.05) is 20.1 Å². The molecule has 154 valence electrons. The van der Waals surface area contributed by atoms with Crippen molar-refractivity contribution in [2.75, 3.05) is 31.8 Å². The lowest BCUT2D eigenvalue weighted by Crippen LogP contribution is -2.33. The van der Waals surface area contributed by atoms with Gasteiger partial charge in [0.25, 0.3) is 0 Å². The van der Waals surface area contributed by atoms with Crippen LogP contribution in [0.15, 0.2) is 12.2 Å². The topological polar surface area (TPSA) is 108 Å². The van der Waals surface area contributed by atoms with E-state index in [0.29, 0.717) is 5.75 Å². The molecule has 0 heterocycles. The smallest absolute Gasteiger partial charge is 0.333 e. The lowest BCUT2D eigenvalue weighted by atomic mass is 10.2. The first-order valence-electron chi connectivity index (χ1n) is 8.53. The van der Waals surface area contributed by atoms with Crippen molar-refractivity contribution < 1.29 is 33.4 Å². The number of ether oxygens (including phenoxy) is 3. The van der Waals surface area contributed by atoms with Gasteiger partial charge < -0.3 is 19.5 Å². The van der Waals surface area contributed by atoms with Crippen LogP contribution in [0.5, 0.6) is 0 Å². The minimum atomic E-state index is -0.574. The average Bonchev–Trinajstić information content (AvgIpc) is 2.55. The molecule has 0 saturated heterocycles. The SMILES string of the molecule is C=C(C)C(=O)OCCOC(=O)CCC(=O)NCCC(=O)OC(C)(C)CSC. The molecular formula is C18H29NO7S. The third-order valence-electron chi connectivity index (χ3n) is 3.02. The molecule has 0 aliphatic heterocycles. The first-order chi connectivity index (χ1) is 12.6. The normalized spacial score (nSPS) is 10.7. The Labute approximate surface area is 164 Å². The number of carbonyl (C=O) groups is 4. The van der Waals surface area contributed by atoms with Crippen molar-refractivity contribution >= 4 is 35.6 Å². The number of hydrogen-bond donors (Lipinski definition) is 1. The van der Waals surface area contributed by atoms with Crippen molar-refractivity contribution in [1.29, 1.82) is 0 Å². The highest BCUT2D eigenvalue weighted by Gasteiger charge is 2.22. The van der Waals surface area contributed by atoms with E-state index in [2.05, 4.69) is 11.9 Å². The van der Waals surface area contributed by atoms with Crippen LogP contribution in [0, 0.1) is 0 Å². The molecule has 0 aliphatic carbocycles. The molecule has 0 aliphatic rings. The second-order valence-electron chi connectivity index (χ2n) is 6.40. The lowest BCUT2D eigenvalue weighted by Gasteiger charge is -2.24. The van der Waals surface area contributed by atoms with E-state index >= 15 is 0 Å². The Balaban J connectivity index is 3.81. The van der Waals surface area contributed by atoms with Crippen molar-refractivity contribution in [1.82, 2.24) is 5.32 Å². The minimum absolute atomic E-state index is 0.0576. The van der Waals surface area contributed by atoms with E-state index in [-0.39, 0.29) is 50.5 Å². The van der Waals surface area contributed by atoms with Gasteiger partial charge >= 0.3 is 17.9 Å². The van der Waals surface area contributed by atoms with Crippen molar-refractivity contribution in [3.63, 3.8) is 0 Å². The van der Waals surface area contributed by atoms with Gasteiger partial charge in [-0.05, 0) is 27.0 Å². The first kappa shape index (κ1) is 25.0. The summed E-state index contributed by atoms with van der Waals surface area (Å²) in [5.74, 6) is -1.20. The van der Waals surface area contributed by atoms with E-state index in [9.17, 15) is 19.2 Å². The summed E-state index contributed by atoms with van der Waals surface area (Å²) in [6.07, 6.45) is 1.82. The second kappa shape index (κ2) is 13.2. The van der Waals surface area contributed by atoms with Gasteiger partial charge in [0.15, 0.2) is 0 Å². The van der Waals surface area contributed by atoms with Crippen LogP contribution in [0.3, 0.4) is 0 Å². The van der Waals surface area contributed by atoms with Gasteiger partial charge in [0.05, 0.1) is 12.8 Å². The highest BCUT2D eigenvalue weighted by molar-refractivity contribution is 7.98. The number of hydrogen-bond acceptors (Lipinski definition) is 8. The number of carbonyl (C=O) groups excluding carboxylic acids is 4. The molecule has 8 nitrogen and oxygen atoms in total. The van der Waals surface area contributed by atoms with Gasteiger partial charge in [-0.25, -0.2) is 4.79 Å². The van der Waals surface area contributed by atoms with E-state index in [1.165, 1.54) is 6.92 Å². The molecule has 0 bridgehead atoms. The minimum Gasteiger partial charge on any atom is -0.462 e. The average molecular weight is 403 g/mol. The molecule has 0 spiro atoms. The summed E-state index contributed by atoms with van der Waals surface area (Å²) >= 11 is 1.58. The largest absolute Gasteiger partial charge is 0.462 e. The highest BCUT2D eigenvalue weighted by Crippen LogP contribution is 2.15. The van der Waals surface area contributed by atoms with Crippen LogP contribution in [-0.4, -0.2) is 61.2 Å². The molecule has 0 radical (unpaired) electrons. The van der Waals surface area contributed by atoms with Gasteiger partial charge in [-0.3, -0.25) is 14.4 Å². The van der Waals surface area contributed by atoms with Crippen molar-refractivity contribution in [2.45, 2.75) is 45.6 Å². The molecule has 1 N–H and O–H groups in total. The zero-order valence-electron chi connectivity index (χ0n) is 16.4. The van der Waals surface area contributed by atoms with Crippen LogP contribution in [0.4, 0.5) is 0 Å². The van der Waals surface area contributed by atoms with Gasteiger partial charge in [-0.2, -0.15) is 11.8 Å². The van der Waals surface area contributed by atoms with Crippen molar-refractivity contribution in [3.8, 4) is 0 Å². The molecule has 0 aromatic rings. The molecule has 1 amide bonds. The van der Waals surface area contributed by atoms with E-state index < -0.39 is 23.5 Å². The van der Waals surface area contributed by atoms with Crippen LogP contribution in [0.1, 0.15) is 40.0 Å². The number of amides is 1. The molecule has 9 heteroatoms. The van der Waals surface area contributed by atoms with Gasteiger partial charge in [-0.15, -0.1) is 0 Å². The van der Waals surface area contributed by atoms with Gasteiger partial charge in [0, 0.05) is 24.3 Å². The molecule has 0 saturated carbocycles. The molecular weight excluding hydrogens is 374 g/mol. The fourth-order valence-corrected chi connectivity index (χ4v) is 2.58. The first-order valence-corrected chi connectivity index (χ1v) is 9.92. The van der Waals surface area contributed by atoms with Crippen LogP contribution in [-0.2, 0) is 33.4 Å². The van der Waals surface area contributed by atoms with Crippen molar-refractivity contribution in [3.05, 3.63) is 12.2 Å².